The van der Waals surface area contributed by atoms with Crippen molar-refractivity contribution in [1.29, 1.82) is 0 Å². The van der Waals surface area contributed by atoms with Crippen molar-refractivity contribution < 1.29 is 14.6 Å². The smallest absolute Gasteiger partial charge is 0.123 e. The maximum Gasteiger partial charge on any atom is 0.123 e. The van der Waals surface area contributed by atoms with E-state index in [2.05, 4.69) is 19.1 Å². The molecule has 0 aliphatic heterocycles. The van der Waals surface area contributed by atoms with Crippen LogP contribution >= 0.6 is 0 Å². The number of ether oxygens (including phenoxy) is 2. The van der Waals surface area contributed by atoms with Crippen LogP contribution in [0.3, 0.4) is 0 Å². The van der Waals surface area contributed by atoms with Gasteiger partial charge in [-0.1, -0.05) is 43.7 Å². The van der Waals surface area contributed by atoms with Crippen LogP contribution in [-0.2, 0) is 6.42 Å². The zero-order valence-electron chi connectivity index (χ0n) is 12.6. The molecule has 3 heteroatoms. The number of benzene rings is 2. The first-order valence-electron chi connectivity index (χ1n) is 7.26. The summed E-state index contributed by atoms with van der Waals surface area (Å²) in [5, 5.41) is 10.2. The van der Waals surface area contributed by atoms with Gasteiger partial charge in [0.1, 0.15) is 24.2 Å². The Hall–Kier alpha value is -2.00. The summed E-state index contributed by atoms with van der Waals surface area (Å²) >= 11 is 0. The van der Waals surface area contributed by atoms with Crippen LogP contribution < -0.4 is 9.47 Å². The van der Waals surface area contributed by atoms with Gasteiger partial charge in [-0.2, -0.15) is 0 Å². The fourth-order valence-corrected chi connectivity index (χ4v) is 2.16. The Balaban J connectivity index is 1.92. The van der Waals surface area contributed by atoms with Gasteiger partial charge in [0, 0.05) is 6.07 Å². The van der Waals surface area contributed by atoms with E-state index in [4.69, 9.17) is 9.47 Å². The van der Waals surface area contributed by atoms with E-state index < -0.39 is 6.10 Å². The summed E-state index contributed by atoms with van der Waals surface area (Å²) in [5.41, 5.74) is 2.17. The second kappa shape index (κ2) is 7.70. The van der Waals surface area contributed by atoms with Crippen LogP contribution in [0.2, 0.25) is 0 Å². The van der Waals surface area contributed by atoms with Crippen molar-refractivity contribution >= 4 is 0 Å². The number of methoxy groups -OCH3 is 1. The average Bonchev–Trinajstić information content (AvgIpc) is 2.54. The van der Waals surface area contributed by atoms with Gasteiger partial charge in [-0.25, -0.2) is 0 Å². The van der Waals surface area contributed by atoms with Gasteiger partial charge in [-0.15, -0.1) is 0 Å². The molecular formula is C18H22O3. The third kappa shape index (κ3) is 4.50. The fourth-order valence-electron chi connectivity index (χ4n) is 2.16. The number of aliphatic hydroxyl groups excluding tert-OH is 1. The summed E-state index contributed by atoms with van der Waals surface area (Å²) in [5.74, 6) is 1.43. The molecule has 0 bridgehead atoms. The third-order valence-corrected chi connectivity index (χ3v) is 3.35. The van der Waals surface area contributed by atoms with Crippen molar-refractivity contribution in [3.63, 3.8) is 0 Å². The number of hydrogen-bond acceptors (Lipinski definition) is 3. The lowest BCUT2D eigenvalue weighted by Gasteiger charge is -2.13. The molecule has 0 amide bonds. The van der Waals surface area contributed by atoms with Gasteiger partial charge >= 0.3 is 0 Å². The second-order valence-electron chi connectivity index (χ2n) is 5.00. The quantitative estimate of drug-likeness (QED) is 0.842. The van der Waals surface area contributed by atoms with Crippen LogP contribution in [-0.4, -0.2) is 18.8 Å². The molecule has 3 nitrogen and oxygen atoms in total. The van der Waals surface area contributed by atoms with Crippen molar-refractivity contribution in [1.82, 2.24) is 0 Å². The molecule has 0 fully saturated rings. The van der Waals surface area contributed by atoms with Crippen LogP contribution in [0.4, 0.5) is 0 Å². The Bertz CT molecular complexity index is 549. The summed E-state index contributed by atoms with van der Waals surface area (Å²) in [4.78, 5) is 0. The lowest BCUT2D eigenvalue weighted by molar-refractivity contribution is 0.108. The molecule has 1 unspecified atom stereocenters. The molecule has 2 aromatic carbocycles. The Morgan fingerprint density at radius 2 is 1.76 bits per heavy atom. The molecule has 0 aliphatic carbocycles. The zero-order chi connectivity index (χ0) is 15.1. The molecule has 0 aromatic heterocycles. The molecule has 0 saturated carbocycles. The summed E-state index contributed by atoms with van der Waals surface area (Å²) in [6, 6.07) is 15.4. The molecule has 112 valence electrons. The van der Waals surface area contributed by atoms with Crippen LogP contribution in [0.1, 0.15) is 30.6 Å². The lowest BCUT2D eigenvalue weighted by Crippen LogP contribution is -2.09. The van der Waals surface area contributed by atoms with Crippen molar-refractivity contribution in [2.24, 2.45) is 0 Å². The molecule has 0 heterocycles. The first-order valence-corrected chi connectivity index (χ1v) is 7.26. The van der Waals surface area contributed by atoms with Gasteiger partial charge < -0.3 is 14.6 Å². The Morgan fingerprint density at radius 3 is 2.43 bits per heavy atom. The predicted molar refractivity (Wildman–Crippen MR) is 83.9 cm³/mol. The Morgan fingerprint density at radius 1 is 1.05 bits per heavy atom. The minimum absolute atomic E-state index is 0.223. The fraction of sp³-hybridized carbons (Fsp3) is 0.333. The second-order valence-corrected chi connectivity index (χ2v) is 5.00. The van der Waals surface area contributed by atoms with E-state index in [1.807, 2.05) is 30.3 Å². The highest BCUT2D eigenvalue weighted by molar-refractivity contribution is 5.33. The average molecular weight is 286 g/mol. The molecule has 1 atom stereocenters. The SMILES string of the molecule is CCCc1ccc(C(O)COc2cccc(OC)c2)cc1. The molecule has 21 heavy (non-hydrogen) atoms. The maximum absolute atomic E-state index is 10.2. The lowest BCUT2D eigenvalue weighted by atomic mass is 10.0. The first-order chi connectivity index (χ1) is 10.2. The van der Waals surface area contributed by atoms with Crippen molar-refractivity contribution in [2.75, 3.05) is 13.7 Å². The molecule has 0 spiro atoms. The molecule has 2 rings (SSSR count). The standard InChI is InChI=1S/C18H22O3/c1-3-5-14-8-10-15(11-9-14)18(19)13-21-17-7-4-6-16(12-17)20-2/h4,6-12,18-19H,3,5,13H2,1-2H3. The molecule has 0 radical (unpaired) electrons. The van der Waals surface area contributed by atoms with E-state index in [1.165, 1.54) is 5.56 Å². The van der Waals surface area contributed by atoms with Crippen LogP contribution in [0.5, 0.6) is 11.5 Å². The minimum atomic E-state index is -0.633. The van der Waals surface area contributed by atoms with Gasteiger partial charge in [-0.05, 0) is 29.7 Å². The number of aryl methyl sites for hydroxylation is 1. The van der Waals surface area contributed by atoms with E-state index in [9.17, 15) is 5.11 Å². The monoisotopic (exact) mass is 286 g/mol. The van der Waals surface area contributed by atoms with E-state index in [-0.39, 0.29) is 6.61 Å². The number of rotatable bonds is 7. The number of aliphatic hydroxyl groups is 1. The van der Waals surface area contributed by atoms with E-state index >= 15 is 0 Å². The molecule has 0 aliphatic rings. The van der Waals surface area contributed by atoms with Crippen LogP contribution in [0.15, 0.2) is 48.5 Å². The minimum Gasteiger partial charge on any atom is -0.497 e. The first kappa shape index (κ1) is 15.4. The van der Waals surface area contributed by atoms with Gasteiger partial charge in [0.15, 0.2) is 0 Å². The summed E-state index contributed by atoms with van der Waals surface area (Å²) < 4.78 is 10.8. The maximum atomic E-state index is 10.2. The topological polar surface area (TPSA) is 38.7 Å². The van der Waals surface area contributed by atoms with Crippen LogP contribution in [0.25, 0.3) is 0 Å². The van der Waals surface area contributed by atoms with Crippen molar-refractivity contribution in [2.45, 2.75) is 25.9 Å². The molecular weight excluding hydrogens is 264 g/mol. The van der Waals surface area contributed by atoms with Crippen molar-refractivity contribution in [3.8, 4) is 11.5 Å². The summed E-state index contributed by atoms with van der Waals surface area (Å²) in [7, 11) is 1.62. The normalized spacial score (nSPS) is 12.0. The molecule has 0 saturated heterocycles. The zero-order valence-corrected chi connectivity index (χ0v) is 12.6. The molecule has 2 aromatic rings. The van der Waals surface area contributed by atoms with E-state index in [0.29, 0.717) is 5.75 Å². The molecule has 1 N–H and O–H groups in total. The summed E-state index contributed by atoms with van der Waals surface area (Å²) in [6.07, 6.45) is 1.56. The number of hydrogen-bond donors (Lipinski definition) is 1. The van der Waals surface area contributed by atoms with Gasteiger partial charge in [0.25, 0.3) is 0 Å². The van der Waals surface area contributed by atoms with E-state index in [0.717, 1.165) is 24.2 Å². The third-order valence-electron chi connectivity index (χ3n) is 3.35. The highest BCUT2D eigenvalue weighted by Gasteiger charge is 2.08. The van der Waals surface area contributed by atoms with Crippen LogP contribution in [0, 0.1) is 0 Å². The summed E-state index contributed by atoms with van der Waals surface area (Å²) in [6.45, 7) is 2.38. The van der Waals surface area contributed by atoms with Gasteiger partial charge in [-0.3, -0.25) is 0 Å². The van der Waals surface area contributed by atoms with E-state index in [1.54, 1.807) is 13.2 Å². The van der Waals surface area contributed by atoms with Crippen molar-refractivity contribution in [3.05, 3.63) is 59.7 Å². The highest BCUT2D eigenvalue weighted by Crippen LogP contribution is 2.21. The largest absolute Gasteiger partial charge is 0.497 e. The predicted octanol–water partition coefficient (Wildman–Crippen LogP) is 3.76. The Kier molecular flexibility index (Phi) is 5.64. The Labute approximate surface area is 126 Å². The van der Waals surface area contributed by atoms with Gasteiger partial charge in [0.05, 0.1) is 7.11 Å². The van der Waals surface area contributed by atoms with Gasteiger partial charge in [0.2, 0.25) is 0 Å². The highest BCUT2D eigenvalue weighted by atomic mass is 16.5.